The van der Waals surface area contributed by atoms with Gasteiger partial charge in [0.05, 0.1) is 11.9 Å². The van der Waals surface area contributed by atoms with Crippen molar-refractivity contribution in [1.29, 1.82) is 0 Å². The highest BCUT2D eigenvalue weighted by Crippen LogP contribution is 2.14. The van der Waals surface area contributed by atoms with Crippen LogP contribution in [0.2, 0.25) is 0 Å². The zero-order valence-electron chi connectivity index (χ0n) is 9.31. The average Bonchev–Trinajstić information content (AvgIpc) is 2.73. The first-order valence-corrected chi connectivity index (χ1v) is 5.70. The number of halogens is 1. The number of hydrogen-bond acceptors (Lipinski definition) is 3. The van der Waals surface area contributed by atoms with Gasteiger partial charge in [-0.2, -0.15) is 0 Å². The van der Waals surface area contributed by atoms with E-state index < -0.39 is 0 Å². The molecule has 0 atom stereocenters. The van der Waals surface area contributed by atoms with Crippen molar-refractivity contribution in [3.63, 3.8) is 0 Å². The first-order valence-electron chi connectivity index (χ1n) is 5.70. The molecule has 1 aliphatic heterocycles. The Morgan fingerprint density at radius 1 is 1.35 bits per heavy atom. The smallest absolute Gasteiger partial charge is 0.148 e. The number of nitrogens with zero attached hydrogens (tertiary/aromatic N) is 3. The Morgan fingerprint density at radius 3 is 2.88 bits per heavy atom. The predicted molar refractivity (Wildman–Crippen MR) is 61.4 cm³/mol. The number of benzene rings is 1. The highest BCUT2D eigenvalue weighted by Gasteiger charge is 2.18. The summed E-state index contributed by atoms with van der Waals surface area (Å²) >= 11 is 0. The van der Waals surface area contributed by atoms with E-state index in [1.54, 1.807) is 24.4 Å². The third kappa shape index (κ3) is 2.06. The summed E-state index contributed by atoms with van der Waals surface area (Å²) in [5.74, 6) is 0.357. The maximum atomic E-state index is 13.5. The van der Waals surface area contributed by atoms with Gasteiger partial charge in [0.1, 0.15) is 11.5 Å². The fraction of sp³-hybridized carbons (Fsp3) is 0.333. The van der Waals surface area contributed by atoms with Crippen LogP contribution in [0, 0.1) is 11.7 Å². The van der Waals surface area contributed by atoms with Crippen molar-refractivity contribution < 1.29 is 4.39 Å². The van der Waals surface area contributed by atoms with Crippen molar-refractivity contribution in [2.24, 2.45) is 5.92 Å². The maximum absolute atomic E-state index is 13.5. The first kappa shape index (κ1) is 10.4. The van der Waals surface area contributed by atoms with Crippen LogP contribution in [0.3, 0.4) is 0 Å². The van der Waals surface area contributed by atoms with Gasteiger partial charge in [-0.05, 0) is 37.6 Å². The molecule has 2 aromatic rings. The third-order valence-electron chi connectivity index (χ3n) is 3.00. The molecule has 0 spiro atoms. The van der Waals surface area contributed by atoms with Gasteiger partial charge in [-0.25, -0.2) is 9.07 Å². The second kappa shape index (κ2) is 4.25. The minimum Gasteiger partial charge on any atom is -0.316 e. The van der Waals surface area contributed by atoms with E-state index in [-0.39, 0.29) is 5.82 Å². The van der Waals surface area contributed by atoms with Gasteiger partial charge >= 0.3 is 0 Å². The quantitative estimate of drug-likeness (QED) is 0.863. The Balaban J connectivity index is 1.82. The van der Waals surface area contributed by atoms with Crippen LogP contribution in [0.4, 0.5) is 4.39 Å². The van der Waals surface area contributed by atoms with Crippen molar-refractivity contribution in [3.8, 4) is 5.69 Å². The minimum atomic E-state index is -0.283. The molecule has 0 bridgehead atoms. The molecule has 0 amide bonds. The molecule has 1 aromatic carbocycles. The van der Waals surface area contributed by atoms with Crippen molar-refractivity contribution >= 4 is 0 Å². The first-order chi connectivity index (χ1) is 8.33. The minimum absolute atomic E-state index is 0.283. The number of aromatic nitrogens is 3. The lowest BCUT2D eigenvalue weighted by atomic mass is 9.98. The fourth-order valence-electron chi connectivity index (χ4n) is 1.94. The Kier molecular flexibility index (Phi) is 2.60. The second-order valence-electron chi connectivity index (χ2n) is 4.33. The molecule has 0 radical (unpaired) electrons. The van der Waals surface area contributed by atoms with Crippen LogP contribution < -0.4 is 5.32 Å². The molecule has 2 heterocycles. The van der Waals surface area contributed by atoms with Crippen LogP contribution in [-0.4, -0.2) is 28.1 Å². The van der Waals surface area contributed by atoms with Gasteiger partial charge in [0, 0.05) is 0 Å². The van der Waals surface area contributed by atoms with Gasteiger partial charge in [-0.3, -0.25) is 0 Å². The van der Waals surface area contributed by atoms with E-state index in [0.717, 1.165) is 25.2 Å². The van der Waals surface area contributed by atoms with Gasteiger partial charge < -0.3 is 5.32 Å². The van der Waals surface area contributed by atoms with E-state index >= 15 is 0 Å². The lowest BCUT2D eigenvalue weighted by Gasteiger charge is -2.25. The van der Waals surface area contributed by atoms with Crippen LogP contribution in [-0.2, 0) is 6.42 Å². The molecule has 1 fully saturated rings. The van der Waals surface area contributed by atoms with Crippen LogP contribution in [0.1, 0.15) is 5.69 Å². The van der Waals surface area contributed by atoms with E-state index in [0.29, 0.717) is 11.6 Å². The molecule has 17 heavy (non-hydrogen) atoms. The van der Waals surface area contributed by atoms with E-state index in [4.69, 9.17) is 0 Å². The summed E-state index contributed by atoms with van der Waals surface area (Å²) in [5.41, 5.74) is 1.36. The van der Waals surface area contributed by atoms with Gasteiger partial charge in [0.2, 0.25) is 0 Å². The van der Waals surface area contributed by atoms with E-state index in [1.807, 2.05) is 0 Å². The molecule has 0 unspecified atom stereocenters. The standard InChI is InChI=1S/C12H13FN4/c13-11-3-1-2-4-12(11)17-8-10(15-16-17)5-9-6-14-7-9/h1-4,8-9,14H,5-7H2. The van der Waals surface area contributed by atoms with Gasteiger partial charge in [0.15, 0.2) is 0 Å². The highest BCUT2D eigenvalue weighted by atomic mass is 19.1. The van der Waals surface area contributed by atoms with Crippen molar-refractivity contribution in [3.05, 3.63) is 42.0 Å². The summed E-state index contributed by atoms with van der Waals surface area (Å²) in [6.45, 7) is 2.07. The van der Waals surface area contributed by atoms with E-state index in [1.165, 1.54) is 10.7 Å². The highest BCUT2D eigenvalue weighted by molar-refractivity contribution is 5.32. The largest absolute Gasteiger partial charge is 0.316 e. The lowest BCUT2D eigenvalue weighted by Crippen LogP contribution is -2.43. The Bertz CT molecular complexity index is 519. The molecule has 88 valence electrons. The van der Waals surface area contributed by atoms with Crippen molar-refractivity contribution in [2.45, 2.75) is 6.42 Å². The lowest BCUT2D eigenvalue weighted by molar-refractivity contribution is 0.344. The van der Waals surface area contributed by atoms with Crippen LogP contribution >= 0.6 is 0 Å². The summed E-state index contributed by atoms with van der Waals surface area (Å²) in [4.78, 5) is 0. The summed E-state index contributed by atoms with van der Waals surface area (Å²) in [5, 5.41) is 11.3. The van der Waals surface area contributed by atoms with Crippen LogP contribution in [0.25, 0.3) is 5.69 Å². The van der Waals surface area contributed by atoms with Crippen LogP contribution in [0.15, 0.2) is 30.5 Å². The van der Waals surface area contributed by atoms with Gasteiger partial charge in [0.25, 0.3) is 0 Å². The molecule has 1 aromatic heterocycles. The van der Waals surface area contributed by atoms with E-state index in [2.05, 4.69) is 15.6 Å². The molecule has 0 aliphatic carbocycles. The van der Waals surface area contributed by atoms with Gasteiger partial charge in [-0.1, -0.05) is 17.3 Å². The molecule has 1 aliphatic rings. The summed E-state index contributed by atoms with van der Waals surface area (Å²) < 4.78 is 15.0. The molecule has 0 saturated carbocycles. The third-order valence-corrected chi connectivity index (χ3v) is 3.00. The monoisotopic (exact) mass is 232 g/mol. The normalized spacial score (nSPS) is 15.8. The maximum Gasteiger partial charge on any atom is 0.148 e. The molecular formula is C12H13FN4. The zero-order chi connectivity index (χ0) is 11.7. The summed E-state index contributed by atoms with van der Waals surface area (Å²) in [7, 11) is 0. The predicted octanol–water partition coefficient (Wildman–Crippen LogP) is 1.17. The SMILES string of the molecule is Fc1ccccc1-n1cc(CC2CNC2)nn1. The zero-order valence-corrected chi connectivity index (χ0v) is 9.31. The molecular weight excluding hydrogens is 219 g/mol. The number of hydrogen-bond donors (Lipinski definition) is 1. The fourth-order valence-corrected chi connectivity index (χ4v) is 1.94. The second-order valence-corrected chi connectivity index (χ2v) is 4.33. The molecule has 4 nitrogen and oxygen atoms in total. The molecule has 3 rings (SSSR count). The molecule has 1 saturated heterocycles. The Labute approximate surface area is 98.5 Å². The average molecular weight is 232 g/mol. The number of para-hydroxylation sites is 1. The van der Waals surface area contributed by atoms with Crippen molar-refractivity contribution in [1.82, 2.24) is 20.3 Å². The Morgan fingerprint density at radius 2 is 2.18 bits per heavy atom. The summed E-state index contributed by atoms with van der Waals surface area (Å²) in [6, 6.07) is 6.57. The van der Waals surface area contributed by atoms with Gasteiger partial charge in [-0.15, -0.1) is 5.10 Å². The van der Waals surface area contributed by atoms with E-state index in [9.17, 15) is 4.39 Å². The molecule has 5 heteroatoms. The number of rotatable bonds is 3. The number of nitrogens with one attached hydrogen (secondary N) is 1. The molecule has 1 N–H and O–H groups in total. The Hall–Kier alpha value is -1.75. The summed E-state index contributed by atoms with van der Waals surface area (Å²) in [6.07, 6.45) is 2.71. The van der Waals surface area contributed by atoms with Crippen LogP contribution in [0.5, 0.6) is 0 Å². The topological polar surface area (TPSA) is 42.7 Å². The van der Waals surface area contributed by atoms with Crippen molar-refractivity contribution in [2.75, 3.05) is 13.1 Å².